The van der Waals surface area contributed by atoms with Crippen LogP contribution in [0.3, 0.4) is 0 Å². The summed E-state index contributed by atoms with van der Waals surface area (Å²) >= 11 is 0. The molecule has 0 aromatic rings. The molecule has 0 heterocycles. The second-order valence-corrected chi connectivity index (χ2v) is 6.35. The third-order valence-corrected chi connectivity index (χ3v) is 4.42. The van der Waals surface area contributed by atoms with E-state index >= 15 is 0 Å². The average Bonchev–Trinajstić information content (AvgIpc) is 3.11. The summed E-state index contributed by atoms with van der Waals surface area (Å²) < 4.78 is 0. The van der Waals surface area contributed by atoms with Gasteiger partial charge in [0.15, 0.2) is 0 Å². The second-order valence-electron chi connectivity index (χ2n) is 6.35. The summed E-state index contributed by atoms with van der Waals surface area (Å²) in [6.45, 7) is 3.14. The fourth-order valence-corrected chi connectivity index (χ4v) is 2.87. The van der Waals surface area contributed by atoms with Crippen LogP contribution in [0.1, 0.15) is 58.3 Å². The van der Waals surface area contributed by atoms with Crippen molar-refractivity contribution in [2.45, 2.75) is 64.3 Å². The van der Waals surface area contributed by atoms with E-state index in [1.807, 2.05) is 0 Å². The highest BCUT2D eigenvalue weighted by Gasteiger charge is 2.31. The van der Waals surface area contributed by atoms with Gasteiger partial charge in [-0.15, -0.1) is 0 Å². The van der Waals surface area contributed by atoms with Crippen LogP contribution in [-0.4, -0.2) is 18.5 Å². The van der Waals surface area contributed by atoms with Gasteiger partial charge in [-0.1, -0.05) is 26.2 Å². The summed E-state index contributed by atoms with van der Waals surface area (Å²) in [7, 11) is 0. The molecule has 2 saturated carbocycles. The molecule has 1 amide bonds. The van der Waals surface area contributed by atoms with Crippen LogP contribution >= 0.6 is 0 Å². The van der Waals surface area contributed by atoms with Gasteiger partial charge in [-0.25, -0.2) is 0 Å². The van der Waals surface area contributed by atoms with Gasteiger partial charge in [-0.05, 0) is 37.0 Å². The number of rotatable bonds is 5. The van der Waals surface area contributed by atoms with E-state index in [0.717, 1.165) is 6.54 Å². The van der Waals surface area contributed by atoms with Gasteiger partial charge in [0, 0.05) is 19.0 Å². The van der Waals surface area contributed by atoms with Gasteiger partial charge in [-0.2, -0.15) is 0 Å². The first-order valence-corrected chi connectivity index (χ1v) is 7.11. The van der Waals surface area contributed by atoms with Crippen molar-refractivity contribution < 1.29 is 4.79 Å². The first-order valence-electron chi connectivity index (χ1n) is 7.11. The summed E-state index contributed by atoms with van der Waals surface area (Å²) in [4.78, 5) is 11.8. The van der Waals surface area contributed by atoms with Gasteiger partial charge >= 0.3 is 0 Å². The van der Waals surface area contributed by atoms with Crippen LogP contribution in [0.5, 0.6) is 0 Å². The minimum atomic E-state index is 0.0918. The van der Waals surface area contributed by atoms with Gasteiger partial charge in [0.1, 0.15) is 0 Å². The fourth-order valence-electron chi connectivity index (χ4n) is 2.87. The number of amides is 1. The van der Waals surface area contributed by atoms with E-state index in [2.05, 4.69) is 12.2 Å². The zero-order chi connectivity index (χ0) is 12.3. The molecular weight excluding hydrogens is 212 g/mol. The van der Waals surface area contributed by atoms with Crippen molar-refractivity contribution in [3.05, 3.63) is 0 Å². The van der Waals surface area contributed by atoms with E-state index in [0.29, 0.717) is 17.8 Å². The summed E-state index contributed by atoms with van der Waals surface area (Å²) in [6.07, 6.45) is 9.43. The zero-order valence-corrected chi connectivity index (χ0v) is 11.0. The van der Waals surface area contributed by atoms with Gasteiger partial charge < -0.3 is 11.1 Å². The summed E-state index contributed by atoms with van der Waals surface area (Å²) in [5, 5.41) is 3.09. The molecule has 98 valence electrons. The minimum absolute atomic E-state index is 0.0918. The highest BCUT2D eigenvalue weighted by molar-refractivity contribution is 5.76. The Morgan fingerprint density at radius 1 is 1.35 bits per heavy atom. The van der Waals surface area contributed by atoms with Crippen LogP contribution in [0.25, 0.3) is 0 Å². The third-order valence-electron chi connectivity index (χ3n) is 4.42. The molecule has 1 unspecified atom stereocenters. The molecule has 0 radical (unpaired) electrons. The smallest absolute Gasteiger partial charge is 0.221 e. The first-order chi connectivity index (χ1) is 8.09. The van der Waals surface area contributed by atoms with Crippen LogP contribution in [0.2, 0.25) is 0 Å². The standard InChI is InChI=1S/C14H26N2O/c1-14(7-3-2-4-8-14)10-16-13(17)9-12(15)11-5-6-11/h11-12H,2-10,15H2,1H3,(H,16,17). The van der Waals surface area contributed by atoms with Gasteiger partial charge in [0.05, 0.1) is 0 Å². The Hall–Kier alpha value is -0.570. The van der Waals surface area contributed by atoms with Crippen LogP contribution in [-0.2, 0) is 4.79 Å². The Balaban J connectivity index is 1.67. The molecule has 3 nitrogen and oxygen atoms in total. The molecule has 0 bridgehead atoms. The fraction of sp³-hybridized carbons (Fsp3) is 0.929. The van der Waals surface area contributed by atoms with Crippen LogP contribution in [0.4, 0.5) is 0 Å². The quantitative estimate of drug-likeness (QED) is 0.771. The molecule has 0 aliphatic heterocycles. The first kappa shape index (κ1) is 12.9. The maximum absolute atomic E-state index is 11.8. The predicted octanol–water partition coefficient (Wildman–Crippen LogP) is 2.20. The van der Waals surface area contributed by atoms with Crippen molar-refractivity contribution in [2.24, 2.45) is 17.1 Å². The highest BCUT2D eigenvalue weighted by atomic mass is 16.1. The van der Waals surface area contributed by atoms with E-state index < -0.39 is 0 Å². The molecule has 2 aliphatic carbocycles. The molecule has 2 aliphatic rings. The SMILES string of the molecule is CC1(CNC(=O)CC(N)C2CC2)CCCCC1. The third kappa shape index (κ3) is 3.98. The number of hydrogen-bond acceptors (Lipinski definition) is 2. The van der Waals surface area contributed by atoms with Crippen LogP contribution < -0.4 is 11.1 Å². The Labute approximate surface area is 105 Å². The van der Waals surface area contributed by atoms with Crippen LogP contribution in [0.15, 0.2) is 0 Å². The number of nitrogens with two attached hydrogens (primary N) is 1. The maximum atomic E-state index is 11.8. The van der Waals surface area contributed by atoms with Crippen molar-refractivity contribution in [3.8, 4) is 0 Å². The van der Waals surface area contributed by atoms with Crippen LogP contribution in [0, 0.1) is 11.3 Å². The lowest BCUT2D eigenvalue weighted by atomic mass is 9.76. The predicted molar refractivity (Wildman–Crippen MR) is 69.5 cm³/mol. The van der Waals surface area contributed by atoms with Gasteiger partial charge in [-0.3, -0.25) is 4.79 Å². The number of nitrogens with one attached hydrogen (secondary N) is 1. The molecule has 0 saturated heterocycles. The van der Waals surface area contributed by atoms with Crippen molar-refractivity contribution in [2.75, 3.05) is 6.54 Å². The molecule has 0 aromatic carbocycles. The van der Waals surface area contributed by atoms with Crippen molar-refractivity contribution in [1.29, 1.82) is 0 Å². The molecule has 3 N–H and O–H groups in total. The molecular formula is C14H26N2O. The molecule has 1 atom stereocenters. The Morgan fingerprint density at radius 3 is 2.59 bits per heavy atom. The molecule has 17 heavy (non-hydrogen) atoms. The molecule has 2 fully saturated rings. The Kier molecular flexibility index (Phi) is 4.08. The van der Waals surface area contributed by atoms with Crippen molar-refractivity contribution in [1.82, 2.24) is 5.32 Å². The van der Waals surface area contributed by atoms with Gasteiger partial charge in [0.2, 0.25) is 5.91 Å². The zero-order valence-electron chi connectivity index (χ0n) is 11.0. The second kappa shape index (κ2) is 5.38. The van der Waals surface area contributed by atoms with Gasteiger partial charge in [0.25, 0.3) is 0 Å². The summed E-state index contributed by atoms with van der Waals surface area (Å²) in [5.74, 6) is 0.766. The van der Waals surface area contributed by atoms with E-state index in [1.54, 1.807) is 0 Å². The number of hydrogen-bond donors (Lipinski definition) is 2. The van der Waals surface area contributed by atoms with E-state index in [4.69, 9.17) is 5.73 Å². The van der Waals surface area contributed by atoms with Crippen molar-refractivity contribution >= 4 is 5.91 Å². The van der Waals surface area contributed by atoms with E-state index in [-0.39, 0.29) is 11.9 Å². The normalized spacial score (nSPS) is 25.3. The van der Waals surface area contributed by atoms with E-state index in [9.17, 15) is 4.79 Å². The molecule has 2 rings (SSSR count). The summed E-state index contributed by atoms with van der Waals surface area (Å²) in [5.41, 5.74) is 6.29. The highest BCUT2D eigenvalue weighted by Crippen LogP contribution is 2.35. The number of carbonyl (C=O) groups is 1. The molecule has 0 aromatic heterocycles. The lowest BCUT2D eigenvalue weighted by Gasteiger charge is -2.33. The lowest BCUT2D eigenvalue weighted by molar-refractivity contribution is -0.122. The van der Waals surface area contributed by atoms with Crippen molar-refractivity contribution in [3.63, 3.8) is 0 Å². The molecule has 0 spiro atoms. The molecule has 3 heteroatoms. The minimum Gasteiger partial charge on any atom is -0.356 e. The topological polar surface area (TPSA) is 55.1 Å². The lowest BCUT2D eigenvalue weighted by Crippen LogP contribution is -2.39. The number of carbonyl (C=O) groups excluding carboxylic acids is 1. The van der Waals surface area contributed by atoms with E-state index in [1.165, 1.54) is 44.9 Å². The largest absolute Gasteiger partial charge is 0.356 e. The maximum Gasteiger partial charge on any atom is 0.221 e. The Bertz CT molecular complexity index is 267. The summed E-state index contributed by atoms with van der Waals surface area (Å²) in [6, 6.07) is 0.0918. The Morgan fingerprint density at radius 2 is 2.00 bits per heavy atom. The monoisotopic (exact) mass is 238 g/mol. The average molecular weight is 238 g/mol.